The molecule has 0 aliphatic heterocycles. The molecule has 2 aromatic rings. The van der Waals surface area contributed by atoms with Gasteiger partial charge in [0.25, 0.3) is 5.69 Å². The number of nitro groups is 1. The van der Waals surface area contributed by atoms with Crippen molar-refractivity contribution in [3.05, 3.63) is 70.0 Å². The number of alkyl halides is 2. The Hall–Kier alpha value is -1.65. The standard InChI is InChI=1S/C13H10Cl2N2O2/c14-12(13(15)10-6-3-4-8-16-10)9-5-1-2-7-11(9)17(18)19/h1-8,12-13H/t12-,13+/m0/s1. The molecule has 19 heavy (non-hydrogen) atoms. The zero-order valence-electron chi connectivity index (χ0n) is 9.74. The third-order valence-electron chi connectivity index (χ3n) is 2.66. The first-order valence-corrected chi connectivity index (χ1v) is 6.41. The van der Waals surface area contributed by atoms with E-state index in [1.165, 1.54) is 6.07 Å². The predicted molar refractivity (Wildman–Crippen MR) is 74.5 cm³/mol. The van der Waals surface area contributed by atoms with E-state index in [1.54, 1.807) is 42.6 Å². The number of nitro benzene ring substituents is 1. The van der Waals surface area contributed by atoms with Crippen LogP contribution in [0.5, 0.6) is 0 Å². The van der Waals surface area contributed by atoms with Gasteiger partial charge in [-0.1, -0.05) is 24.3 Å². The van der Waals surface area contributed by atoms with Gasteiger partial charge in [-0.3, -0.25) is 15.1 Å². The molecule has 0 radical (unpaired) electrons. The second kappa shape index (κ2) is 5.99. The van der Waals surface area contributed by atoms with Gasteiger partial charge in [-0.15, -0.1) is 23.2 Å². The number of rotatable bonds is 4. The van der Waals surface area contributed by atoms with Crippen molar-refractivity contribution in [2.75, 3.05) is 0 Å². The Kier molecular flexibility index (Phi) is 4.35. The van der Waals surface area contributed by atoms with Crippen LogP contribution < -0.4 is 0 Å². The molecule has 98 valence electrons. The third kappa shape index (κ3) is 3.03. The smallest absolute Gasteiger partial charge is 0.260 e. The number of benzene rings is 1. The van der Waals surface area contributed by atoms with E-state index in [2.05, 4.69) is 4.98 Å². The van der Waals surface area contributed by atoms with Crippen molar-refractivity contribution in [1.82, 2.24) is 4.98 Å². The zero-order valence-corrected chi connectivity index (χ0v) is 11.3. The van der Waals surface area contributed by atoms with E-state index in [1.807, 2.05) is 0 Å². The quantitative estimate of drug-likeness (QED) is 0.481. The summed E-state index contributed by atoms with van der Waals surface area (Å²) in [6.45, 7) is 0. The molecule has 2 atom stereocenters. The van der Waals surface area contributed by atoms with Crippen LogP contribution >= 0.6 is 23.2 Å². The summed E-state index contributed by atoms with van der Waals surface area (Å²) in [5, 5.41) is 9.61. The summed E-state index contributed by atoms with van der Waals surface area (Å²) in [5.41, 5.74) is 0.936. The second-order valence-electron chi connectivity index (χ2n) is 3.87. The summed E-state index contributed by atoms with van der Waals surface area (Å²) in [4.78, 5) is 14.6. The van der Waals surface area contributed by atoms with Crippen molar-refractivity contribution in [3.8, 4) is 0 Å². The predicted octanol–water partition coefficient (Wildman–Crippen LogP) is 4.25. The van der Waals surface area contributed by atoms with Crippen LogP contribution in [0.3, 0.4) is 0 Å². The zero-order chi connectivity index (χ0) is 13.8. The minimum atomic E-state index is -0.724. The van der Waals surface area contributed by atoms with Crippen LogP contribution in [0.2, 0.25) is 0 Å². The number of hydrogen-bond donors (Lipinski definition) is 0. The summed E-state index contributed by atoms with van der Waals surface area (Å²) in [7, 11) is 0. The molecule has 0 spiro atoms. The molecule has 6 heteroatoms. The molecule has 0 saturated heterocycles. The number of nitrogens with zero attached hydrogens (tertiary/aromatic N) is 2. The highest BCUT2D eigenvalue weighted by atomic mass is 35.5. The normalized spacial score (nSPS) is 13.8. The Morgan fingerprint density at radius 2 is 1.74 bits per heavy atom. The second-order valence-corrected chi connectivity index (χ2v) is 4.81. The van der Waals surface area contributed by atoms with Crippen LogP contribution in [0.1, 0.15) is 22.0 Å². The van der Waals surface area contributed by atoms with Crippen LogP contribution in [-0.4, -0.2) is 9.91 Å². The first-order chi connectivity index (χ1) is 9.11. The average molecular weight is 297 g/mol. The van der Waals surface area contributed by atoms with Crippen molar-refractivity contribution < 1.29 is 4.92 Å². The van der Waals surface area contributed by atoms with Gasteiger partial charge >= 0.3 is 0 Å². The Balaban J connectivity index is 2.34. The monoisotopic (exact) mass is 296 g/mol. The molecule has 0 saturated carbocycles. The fourth-order valence-electron chi connectivity index (χ4n) is 1.73. The molecule has 0 unspecified atom stereocenters. The average Bonchev–Trinajstić information content (AvgIpc) is 2.46. The molecular weight excluding hydrogens is 287 g/mol. The summed E-state index contributed by atoms with van der Waals surface area (Å²) >= 11 is 12.5. The molecule has 1 aromatic carbocycles. The van der Waals surface area contributed by atoms with Crippen molar-refractivity contribution in [1.29, 1.82) is 0 Å². The third-order valence-corrected chi connectivity index (χ3v) is 3.75. The van der Waals surface area contributed by atoms with E-state index in [0.29, 0.717) is 11.3 Å². The topological polar surface area (TPSA) is 56.0 Å². The van der Waals surface area contributed by atoms with E-state index in [9.17, 15) is 10.1 Å². The van der Waals surface area contributed by atoms with Crippen molar-refractivity contribution in [2.45, 2.75) is 10.8 Å². The molecule has 2 rings (SSSR count). The van der Waals surface area contributed by atoms with Gasteiger partial charge in [0.15, 0.2) is 0 Å². The van der Waals surface area contributed by atoms with Gasteiger partial charge in [0.1, 0.15) is 0 Å². The summed E-state index contributed by atoms with van der Waals surface area (Å²) in [6, 6.07) is 11.6. The molecule has 0 fully saturated rings. The van der Waals surface area contributed by atoms with Crippen molar-refractivity contribution in [2.24, 2.45) is 0 Å². The van der Waals surface area contributed by atoms with E-state index in [4.69, 9.17) is 23.2 Å². The van der Waals surface area contributed by atoms with E-state index < -0.39 is 15.7 Å². The molecular formula is C13H10Cl2N2O2. The van der Waals surface area contributed by atoms with Gasteiger partial charge in [0.2, 0.25) is 0 Å². The SMILES string of the molecule is O=[N+]([O-])c1ccccc1[C@H](Cl)[C@H](Cl)c1ccccn1. The van der Waals surface area contributed by atoms with Crippen molar-refractivity contribution in [3.63, 3.8) is 0 Å². The highest BCUT2D eigenvalue weighted by Crippen LogP contribution is 2.41. The molecule has 1 heterocycles. The van der Waals surface area contributed by atoms with Crippen molar-refractivity contribution >= 4 is 28.9 Å². The Bertz CT molecular complexity index is 578. The summed E-state index contributed by atoms with van der Waals surface area (Å²) in [5.74, 6) is 0. The van der Waals surface area contributed by atoms with Crippen LogP contribution in [0.15, 0.2) is 48.7 Å². The number of para-hydroxylation sites is 1. The Morgan fingerprint density at radius 1 is 1.05 bits per heavy atom. The molecule has 4 nitrogen and oxygen atoms in total. The molecule has 0 aliphatic rings. The lowest BCUT2D eigenvalue weighted by atomic mass is 10.0. The lowest BCUT2D eigenvalue weighted by Gasteiger charge is -2.15. The molecule has 0 amide bonds. The first-order valence-electron chi connectivity index (χ1n) is 5.53. The fourth-order valence-corrected chi connectivity index (χ4v) is 2.31. The minimum Gasteiger partial charge on any atom is -0.260 e. The van der Waals surface area contributed by atoms with Gasteiger partial charge in [0.05, 0.1) is 21.4 Å². The van der Waals surface area contributed by atoms with Crippen LogP contribution in [0.4, 0.5) is 5.69 Å². The van der Waals surface area contributed by atoms with E-state index in [-0.39, 0.29) is 5.69 Å². The fraction of sp³-hybridized carbons (Fsp3) is 0.154. The summed E-state index contributed by atoms with van der Waals surface area (Å²) < 4.78 is 0. The molecule has 0 aliphatic carbocycles. The first kappa shape index (κ1) is 13.8. The van der Waals surface area contributed by atoms with Gasteiger partial charge in [-0.25, -0.2) is 0 Å². The number of aromatic nitrogens is 1. The van der Waals surface area contributed by atoms with Gasteiger partial charge < -0.3 is 0 Å². The lowest BCUT2D eigenvalue weighted by molar-refractivity contribution is -0.385. The maximum atomic E-state index is 11.0. The number of pyridine rings is 1. The number of halogens is 2. The number of hydrogen-bond acceptors (Lipinski definition) is 3. The molecule has 0 bridgehead atoms. The highest BCUT2D eigenvalue weighted by molar-refractivity contribution is 6.30. The van der Waals surface area contributed by atoms with Gasteiger partial charge in [-0.2, -0.15) is 0 Å². The Morgan fingerprint density at radius 3 is 2.37 bits per heavy atom. The molecule has 0 N–H and O–H groups in total. The largest absolute Gasteiger partial charge is 0.274 e. The highest BCUT2D eigenvalue weighted by Gasteiger charge is 2.27. The maximum Gasteiger partial charge on any atom is 0.274 e. The van der Waals surface area contributed by atoms with Gasteiger partial charge in [-0.05, 0) is 12.1 Å². The maximum absolute atomic E-state index is 11.0. The van der Waals surface area contributed by atoms with E-state index in [0.717, 1.165) is 0 Å². The Labute approximate surface area is 120 Å². The van der Waals surface area contributed by atoms with Crippen LogP contribution in [0.25, 0.3) is 0 Å². The van der Waals surface area contributed by atoms with Crippen LogP contribution in [-0.2, 0) is 0 Å². The van der Waals surface area contributed by atoms with Gasteiger partial charge in [0, 0.05) is 17.8 Å². The summed E-state index contributed by atoms with van der Waals surface area (Å²) in [6.07, 6.45) is 1.60. The molecule has 1 aromatic heterocycles. The minimum absolute atomic E-state index is 0.0379. The van der Waals surface area contributed by atoms with Crippen LogP contribution in [0, 0.1) is 10.1 Å². The lowest BCUT2D eigenvalue weighted by Crippen LogP contribution is -2.05. The van der Waals surface area contributed by atoms with E-state index >= 15 is 0 Å².